The first-order valence-corrected chi connectivity index (χ1v) is 8.60. The number of H-pyrrole nitrogens is 1. The summed E-state index contributed by atoms with van der Waals surface area (Å²) in [5.41, 5.74) is 3.70. The Morgan fingerprint density at radius 3 is 2.67 bits per heavy atom. The number of carbonyl (C=O) groups excluding carboxylic acids is 1. The highest BCUT2D eigenvalue weighted by molar-refractivity contribution is 5.83. The number of carbonyl (C=O) groups is 1. The Hall–Kier alpha value is -2.55. The Morgan fingerprint density at radius 2 is 1.83 bits per heavy atom. The molecule has 0 unspecified atom stereocenters. The zero-order valence-corrected chi connectivity index (χ0v) is 14.1. The molecule has 1 amide bonds. The van der Waals surface area contributed by atoms with E-state index < -0.39 is 0 Å². The van der Waals surface area contributed by atoms with Crippen molar-refractivity contribution in [2.45, 2.75) is 32.1 Å². The lowest BCUT2D eigenvalue weighted by Gasteiger charge is -2.11. The van der Waals surface area contributed by atoms with Crippen LogP contribution in [-0.2, 0) is 11.2 Å². The Morgan fingerprint density at radius 1 is 1.08 bits per heavy atom. The molecule has 1 atom stereocenters. The average molecular weight is 320 g/mol. The normalized spacial score (nSPS) is 12.2. The minimum absolute atomic E-state index is 0.137. The fraction of sp³-hybridized carbons (Fsp3) is 0.286. The number of hydrogen-bond donors (Lipinski definition) is 2. The Bertz CT molecular complexity index is 792. The molecule has 0 fully saturated rings. The Kier molecular flexibility index (Phi) is 5.32. The van der Waals surface area contributed by atoms with Gasteiger partial charge in [0.15, 0.2) is 0 Å². The lowest BCUT2D eigenvalue weighted by atomic mass is 9.96. The van der Waals surface area contributed by atoms with Crippen molar-refractivity contribution in [1.82, 2.24) is 10.3 Å². The molecule has 24 heavy (non-hydrogen) atoms. The number of para-hydroxylation sites is 1. The van der Waals surface area contributed by atoms with Gasteiger partial charge in [0.25, 0.3) is 0 Å². The first kappa shape index (κ1) is 16.3. The van der Waals surface area contributed by atoms with Crippen molar-refractivity contribution >= 4 is 16.8 Å². The number of amides is 1. The van der Waals surface area contributed by atoms with Gasteiger partial charge in [-0.1, -0.05) is 55.5 Å². The molecule has 0 spiro atoms. The molecular formula is C21H24N2O. The second-order valence-electron chi connectivity index (χ2n) is 6.31. The van der Waals surface area contributed by atoms with Crippen LogP contribution in [0.4, 0.5) is 0 Å². The number of benzene rings is 2. The highest BCUT2D eigenvalue weighted by atomic mass is 16.1. The van der Waals surface area contributed by atoms with Crippen molar-refractivity contribution in [3.8, 4) is 0 Å². The molecule has 124 valence electrons. The first-order valence-electron chi connectivity index (χ1n) is 8.60. The first-order chi connectivity index (χ1) is 11.7. The number of aromatic nitrogens is 1. The summed E-state index contributed by atoms with van der Waals surface area (Å²) in [6.07, 6.45) is 4.34. The molecule has 0 saturated heterocycles. The summed E-state index contributed by atoms with van der Waals surface area (Å²) < 4.78 is 0. The SMILES string of the molecule is C[C@H](CCC(=O)NCCc1c[nH]c2ccccc12)c1ccccc1. The Labute approximate surface area is 143 Å². The maximum Gasteiger partial charge on any atom is 0.220 e. The molecule has 0 aliphatic heterocycles. The van der Waals surface area contributed by atoms with Crippen molar-refractivity contribution in [2.75, 3.05) is 6.54 Å². The second-order valence-corrected chi connectivity index (χ2v) is 6.31. The largest absolute Gasteiger partial charge is 0.361 e. The minimum atomic E-state index is 0.137. The van der Waals surface area contributed by atoms with Crippen LogP contribution in [0.3, 0.4) is 0 Å². The number of nitrogens with one attached hydrogen (secondary N) is 2. The fourth-order valence-electron chi connectivity index (χ4n) is 3.06. The standard InChI is InChI=1S/C21H24N2O/c1-16(17-7-3-2-4-8-17)11-12-21(24)22-14-13-18-15-23-20-10-6-5-9-19(18)20/h2-10,15-16,23H,11-14H2,1H3,(H,22,24)/t16-/m1/s1. The van der Waals surface area contributed by atoms with Crippen molar-refractivity contribution in [3.05, 3.63) is 71.9 Å². The number of rotatable bonds is 7. The van der Waals surface area contributed by atoms with Crippen LogP contribution in [0.25, 0.3) is 10.9 Å². The smallest absolute Gasteiger partial charge is 0.220 e. The maximum atomic E-state index is 12.1. The van der Waals surface area contributed by atoms with E-state index in [4.69, 9.17) is 0 Å². The van der Waals surface area contributed by atoms with Gasteiger partial charge in [-0.3, -0.25) is 4.79 Å². The monoisotopic (exact) mass is 320 g/mol. The molecule has 1 heterocycles. The van der Waals surface area contributed by atoms with Crippen LogP contribution in [0.1, 0.15) is 36.8 Å². The average Bonchev–Trinajstić information content (AvgIpc) is 3.04. The molecule has 2 aromatic carbocycles. The van der Waals surface area contributed by atoms with Gasteiger partial charge in [-0.15, -0.1) is 0 Å². The molecule has 3 nitrogen and oxygen atoms in total. The van der Waals surface area contributed by atoms with Crippen molar-refractivity contribution < 1.29 is 4.79 Å². The molecule has 0 saturated carbocycles. The van der Waals surface area contributed by atoms with Crippen LogP contribution >= 0.6 is 0 Å². The summed E-state index contributed by atoms with van der Waals surface area (Å²) in [5, 5.41) is 4.28. The summed E-state index contributed by atoms with van der Waals surface area (Å²) in [5.74, 6) is 0.545. The van der Waals surface area contributed by atoms with E-state index in [9.17, 15) is 4.79 Å². The van der Waals surface area contributed by atoms with E-state index in [1.807, 2.05) is 36.5 Å². The second kappa shape index (κ2) is 7.82. The quantitative estimate of drug-likeness (QED) is 0.665. The van der Waals surface area contributed by atoms with Gasteiger partial charge in [0.1, 0.15) is 0 Å². The summed E-state index contributed by atoms with van der Waals surface area (Å²) in [7, 11) is 0. The number of aromatic amines is 1. The van der Waals surface area contributed by atoms with Gasteiger partial charge >= 0.3 is 0 Å². The van der Waals surface area contributed by atoms with E-state index in [1.165, 1.54) is 16.5 Å². The number of fused-ring (bicyclic) bond motifs is 1. The van der Waals surface area contributed by atoms with Crippen LogP contribution < -0.4 is 5.32 Å². The van der Waals surface area contributed by atoms with E-state index in [0.717, 1.165) is 18.4 Å². The van der Waals surface area contributed by atoms with Crippen LogP contribution in [0.15, 0.2) is 60.8 Å². The van der Waals surface area contributed by atoms with Gasteiger partial charge in [0.2, 0.25) is 5.91 Å². The molecule has 0 aliphatic rings. The molecule has 3 rings (SSSR count). The highest BCUT2D eigenvalue weighted by Crippen LogP contribution is 2.20. The molecule has 3 heteroatoms. The number of hydrogen-bond acceptors (Lipinski definition) is 1. The Balaban J connectivity index is 1.43. The van der Waals surface area contributed by atoms with Crippen molar-refractivity contribution in [2.24, 2.45) is 0 Å². The predicted octanol–water partition coefficient (Wildman–Crippen LogP) is 4.41. The van der Waals surface area contributed by atoms with Gasteiger partial charge in [-0.25, -0.2) is 0 Å². The van der Waals surface area contributed by atoms with Crippen LogP contribution in [0.2, 0.25) is 0 Å². The summed E-state index contributed by atoms with van der Waals surface area (Å²) in [4.78, 5) is 15.3. The van der Waals surface area contributed by atoms with Gasteiger partial charge in [-0.2, -0.15) is 0 Å². The fourth-order valence-corrected chi connectivity index (χ4v) is 3.06. The lowest BCUT2D eigenvalue weighted by molar-refractivity contribution is -0.121. The highest BCUT2D eigenvalue weighted by Gasteiger charge is 2.09. The zero-order chi connectivity index (χ0) is 16.8. The van der Waals surface area contributed by atoms with Gasteiger partial charge in [-0.05, 0) is 36.0 Å². The predicted molar refractivity (Wildman–Crippen MR) is 99.1 cm³/mol. The van der Waals surface area contributed by atoms with E-state index in [0.29, 0.717) is 18.9 Å². The van der Waals surface area contributed by atoms with Crippen LogP contribution in [0.5, 0.6) is 0 Å². The van der Waals surface area contributed by atoms with E-state index >= 15 is 0 Å². The molecule has 1 aromatic heterocycles. The van der Waals surface area contributed by atoms with Crippen LogP contribution in [0, 0.1) is 0 Å². The molecular weight excluding hydrogens is 296 g/mol. The third-order valence-electron chi connectivity index (χ3n) is 4.56. The maximum absolute atomic E-state index is 12.1. The zero-order valence-electron chi connectivity index (χ0n) is 14.1. The molecule has 0 bridgehead atoms. The van der Waals surface area contributed by atoms with E-state index in [1.54, 1.807) is 0 Å². The van der Waals surface area contributed by atoms with E-state index in [-0.39, 0.29) is 5.91 Å². The molecule has 3 aromatic rings. The van der Waals surface area contributed by atoms with Gasteiger partial charge < -0.3 is 10.3 Å². The van der Waals surface area contributed by atoms with Crippen molar-refractivity contribution in [3.63, 3.8) is 0 Å². The van der Waals surface area contributed by atoms with Crippen molar-refractivity contribution in [1.29, 1.82) is 0 Å². The third-order valence-corrected chi connectivity index (χ3v) is 4.56. The summed E-state index contributed by atoms with van der Waals surface area (Å²) >= 11 is 0. The topological polar surface area (TPSA) is 44.9 Å². The molecule has 0 aliphatic carbocycles. The van der Waals surface area contributed by atoms with E-state index in [2.05, 4.69) is 41.5 Å². The van der Waals surface area contributed by atoms with Gasteiger partial charge in [0, 0.05) is 30.1 Å². The van der Waals surface area contributed by atoms with Crippen LogP contribution in [-0.4, -0.2) is 17.4 Å². The summed E-state index contributed by atoms with van der Waals surface area (Å²) in [6.45, 7) is 2.86. The van der Waals surface area contributed by atoms with Gasteiger partial charge in [0.05, 0.1) is 0 Å². The lowest BCUT2D eigenvalue weighted by Crippen LogP contribution is -2.25. The molecule has 2 N–H and O–H groups in total. The molecule has 0 radical (unpaired) electrons. The minimum Gasteiger partial charge on any atom is -0.361 e. The third kappa shape index (κ3) is 4.05. The summed E-state index contributed by atoms with van der Waals surface area (Å²) in [6, 6.07) is 18.6.